The van der Waals surface area contributed by atoms with E-state index in [0.29, 0.717) is 25.1 Å². The zero-order valence-electron chi connectivity index (χ0n) is 13.6. The lowest BCUT2D eigenvalue weighted by atomic mass is 10.1. The Balaban J connectivity index is 1.76. The molecule has 2 N–H and O–H groups in total. The van der Waals surface area contributed by atoms with E-state index in [1.54, 1.807) is 16.6 Å². The van der Waals surface area contributed by atoms with Crippen molar-refractivity contribution < 1.29 is 19.6 Å². The van der Waals surface area contributed by atoms with Crippen LogP contribution in [0.25, 0.3) is 0 Å². The summed E-state index contributed by atoms with van der Waals surface area (Å²) in [5.41, 5.74) is 2.29. The first-order valence-corrected chi connectivity index (χ1v) is 8.14. The molecule has 0 aliphatic carbocycles. The van der Waals surface area contributed by atoms with Crippen molar-refractivity contribution in [2.24, 2.45) is 0 Å². The molecule has 0 saturated carbocycles. The SMILES string of the molecule is C=C1C=CC=CN1C1CC(=O)N(CCCCCCC(=O)NO)C1=O. The average Bonchev–Trinajstić information content (AvgIpc) is 2.85. The van der Waals surface area contributed by atoms with E-state index in [9.17, 15) is 14.4 Å². The Morgan fingerprint density at radius 3 is 2.71 bits per heavy atom. The molecular formula is C17H23N3O4. The van der Waals surface area contributed by atoms with Gasteiger partial charge in [0.05, 0.1) is 6.42 Å². The van der Waals surface area contributed by atoms with E-state index in [-0.39, 0.29) is 24.7 Å². The number of allylic oxidation sites excluding steroid dienone is 3. The first-order valence-electron chi connectivity index (χ1n) is 8.14. The summed E-state index contributed by atoms with van der Waals surface area (Å²) in [6.45, 7) is 4.30. The van der Waals surface area contributed by atoms with E-state index in [1.165, 1.54) is 4.90 Å². The van der Waals surface area contributed by atoms with Crippen LogP contribution in [0.5, 0.6) is 0 Å². The van der Waals surface area contributed by atoms with Gasteiger partial charge in [0.15, 0.2) is 0 Å². The fraction of sp³-hybridized carbons (Fsp3) is 0.471. The van der Waals surface area contributed by atoms with Crippen molar-refractivity contribution in [3.63, 3.8) is 0 Å². The van der Waals surface area contributed by atoms with Crippen molar-refractivity contribution in [2.75, 3.05) is 6.54 Å². The Labute approximate surface area is 141 Å². The first-order chi connectivity index (χ1) is 11.5. The van der Waals surface area contributed by atoms with Crippen molar-refractivity contribution >= 4 is 17.7 Å². The van der Waals surface area contributed by atoms with Crippen molar-refractivity contribution in [3.05, 3.63) is 36.7 Å². The molecular weight excluding hydrogens is 310 g/mol. The van der Waals surface area contributed by atoms with Crippen molar-refractivity contribution in [1.29, 1.82) is 0 Å². The number of nitrogens with zero attached hydrogens (tertiary/aromatic N) is 2. The molecule has 2 aliphatic heterocycles. The van der Waals surface area contributed by atoms with E-state index in [2.05, 4.69) is 6.58 Å². The topological polar surface area (TPSA) is 90.0 Å². The van der Waals surface area contributed by atoms with Crippen LogP contribution in [0.2, 0.25) is 0 Å². The number of hydrogen-bond acceptors (Lipinski definition) is 5. The Morgan fingerprint density at radius 2 is 2.00 bits per heavy atom. The number of carbonyl (C=O) groups is 3. The molecule has 24 heavy (non-hydrogen) atoms. The highest BCUT2D eigenvalue weighted by molar-refractivity contribution is 6.05. The number of imide groups is 1. The van der Waals surface area contributed by atoms with Crippen LogP contribution in [0.4, 0.5) is 0 Å². The van der Waals surface area contributed by atoms with Gasteiger partial charge in [0.1, 0.15) is 6.04 Å². The largest absolute Gasteiger partial charge is 0.335 e. The molecule has 2 rings (SSSR count). The maximum absolute atomic E-state index is 12.5. The molecule has 1 unspecified atom stereocenters. The predicted octanol–water partition coefficient (Wildman–Crippen LogP) is 1.47. The molecule has 2 heterocycles. The van der Waals surface area contributed by atoms with Crippen LogP contribution < -0.4 is 5.48 Å². The molecule has 7 nitrogen and oxygen atoms in total. The summed E-state index contributed by atoms with van der Waals surface area (Å²) in [6, 6.07) is -0.501. The van der Waals surface area contributed by atoms with Crippen LogP contribution in [-0.4, -0.2) is 45.3 Å². The normalized spacial score (nSPS) is 20.2. The van der Waals surface area contributed by atoms with Crippen molar-refractivity contribution in [1.82, 2.24) is 15.3 Å². The lowest BCUT2D eigenvalue weighted by molar-refractivity contribution is -0.139. The van der Waals surface area contributed by atoms with Crippen molar-refractivity contribution in [2.45, 2.75) is 44.6 Å². The molecule has 0 radical (unpaired) electrons. The van der Waals surface area contributed by atoms with Gasteiger partial charge in [0, 0.05) is 24.9 Å². The third-order valence-electron chi connectivity index (χ3n) is 4.19. The summed E-state index contributed by atoms with van der Waals surface area (Å²) in [5.74, 6) is -0.729. The van der Waals surface area contributed by atoms with Crippen LogP contribution in [0.3, 0.4) is 0 Å². The molecule has 2 aliphatic rings. The molecule has 0 bridgehead atoms. The van der Waals surface area contributed by atoms with Crippen LogP contribution in [0.1, 0.15) is 38.5 Å². The molecule has 0 aromatic heterocycles. The van der Waals surface area contributed by atoms with Gasteiger partial charge in [-0.05, 0) is 25.0 Å². The Hall–Kier alpha value is -2.41. The molecule has 0 spiro atoms. The zero-order valence-corrected chi connectivity index (χ0v) is 13.6. The lowest BCUT2D eigenvalue weighted by Crippen LogP contribution is -2.39. The second kappa shape index (κ2) is 8.44. The predicted molar refractivity (Wildman–Crippen MR) is 87.4 cm³/mol. The van der Waals surface area contributed by atoms with Crippen LogP contribution >= 0.6 is 0 Å². The van der Waals surface area contributed by atoms with Gasteiger partial charge in [-0.2, -0.15) is 0 Å². The molecule has 0 aromatic rings. The molecule has 1 atom stereocenters. The highest BCUT2D eigenvalue weighted by Crippen LogP contribution is 2.24. The fourth-order valence-electron chi connectivity index (χ4n) is 2.88. The van der Waals surface area contributed by atoms with Gasteiger partial charge in [-0.3, -0.25) is 24.5 Å². The molecule has 7 heteroatoms. The Morgan fingerprint density at radius 1 is 1.25 bits per heavy atom. The fourth-order valence-corrected chi connectivity index (χ4v) is 2.88. The maximum atomic E-state index is 12.5. The lowest BCUT2D eigenvalue weighted by Gasteiger charge is -2.27. The van der Waals surface area contributed by atoms with Gasteiger partial charge >= 0.3 is 0 Å². The highest BCUT2D eigenvalue weighted by Gasteiger charge is 2.41. The zero-order chi connectivity index (χ0) is 17.5. The summed E-state index contributed by atoms with van der Waals surface area (Å²) in [6.07, 6.45) is 10.7. The molecule has 1 fully saturated rings. The molecule has 3 amide bonds. The number of amides is 3. The summed E-state index contributed by atoms with van der Waals surface area (Å²) >= 11 is 0. The second-order valence-electron chi connectivity index (χ2n) is 5.90. The van der Waals surface area contributed by atoms with Crippen molar-refractivity contribution in [3.8, 4) is 0 Å². The van der Waals surface area contributed by atoms with E-state index in [1.807, 2.05) is 18.2 Å². The first kappa shape index (κ1) is 17.9. The van der Waals surface area contributed by atoms with Gasteiger partial charge in [0.25, 0.3) is 5.91 Å². The van der Waals surface area contributed by atoms with Gasteiger partial charge in [0.2, 0.25) is 11.8 Å². The second-order valence-corrected chi connectivity index (χ2v) is 5.90. The smallest absolute Gasteiger partial charge is 0.252 e. The van der Waals surface area contributed by atoms with E-state index in [4.69, 9.17) is 5.21 Å². The minimum Gasteiger partial charge on any atom is -0.335 e. The number of nitrogens with one attached hydrogen (secondary N) is 1. The minimum atomic E-state index is -0.501. The average molecular weight is 333 g/mol. The number of likely N-dealkylation sites (tertiary alicyclic amines) is 1. The summed E-state index contributed by atoms with van der Waals surface area (Å²) in [7, 11) is 0. The number of carbonyl (C=O) groups excluding carboxylic acids is 3. The third-order valence-corrected chi connectivity index (χ3v) is 4.19. The van der Waals surface area contributed by atoms with Gasteiger partial charge in [-0.15, -0.1) is 0 Å². The van der Waals surface area contributed by atoms with Gasteiger partial charge in [-0.1, -0.05) is 25.5 Å². The summed E-state index contributed by atoms with van der Waals surface area (Å²) < 4.78 is 0. The number of unbranched alkanes of at least 4 members (excludes halogenated alkanes) is 3. The van der Waals surface area contributed by atoms with Crippen LogP contribution in [0.15, 0.2) is 36.7 Å². The Kier molecular flexibility index (Phi) is 6.31. The van der Waals surface area contributed by atoms with Gasteiger partial charge in [-0.25, -0.2) is 5.48 Å². The highest BCUT2D eigenvalue weighted by atomic mass is 16.5. The van der Waals surface area contributed by atoms with E-state index in [0.717, 1.165) is 12.8 Å². The molecule has 130 valence electrons. The van der Waals surface area contributed by atoms with Crippen LogP contribution in [-0.2, 0) is 14.4 Å². The number of hydroxylamine groups is 1. The third kappa shape index (κ3) is 4.32. The standard InChI is InChI=1S/C17H23N3O4/c1-13-8-5-7-10-19(13)14-12-16(22)20(17(14)23)11-6-3-2-4-9-15(21)18-24/h5,7-8,10,14,24H,1-4,6,9,11-12H2,(H,18,21). The summed E-state index contributed by atoms with van der Waals surface area (Å²) in [4.78, 5) is 38.6. The van der Waals surface area contributed by atoms with Gasteiger partial charge < -0.3 is 4.90 Å². The van der Waals surface area contributed by atoms with Crippen LogP contribution in [0, 0.1) is 0 Å². The quantitative estimate of drug-likeness (QED) is 0.304. The molecule has 1 saturated heterocycles. The number of rotatable bonds is 8. The monoisotopic (exact) mass is 333 g/mol. The van der Waals surface area contributed by atoms with E-state index >= 15 is 0 Å². The molecule has 0 aromatic carbocycles. The maximum Gasteiger partial charge on any atom is 0.252 e. The number of hydrogen-bond donors (Lipinski definition) is 2. The Bertz CT molecular complexity index is 582. The minimum absolute atomic E-state index is 0.152. The van der Waals surface area contributed by atoms with E-state index < -0.39 is 11.9 Å². The summed E-state index contributed by atoms with van der Waals surface area (Å²) in [5, 5.41) is 8.39.